The predicted octanol–water partition coefficient (Wildman–Crippen LogP) is 2.38. The number of rotatable bonds is 5. The lowest BCUT2D eigenvalue weighted by Crippen LogP contribution is -2.26. The van der Waals surface area contributed by atoms with Gasteiger partial charge in [0.1, 0.15) is 10.7 Å². The Morgan fingerprint density at radius 3 is 2.79 bits per heavy atom. The molecule has 19 heavy (non-hydrogen) atoms. The van der Waals surface area contributed by atoms with Gasteiger partial charge in [0, 0.05) is 18.5 Å². The van der Waals surface area contributed by atoms with Crippen LogP contribution in [0.1, 0.15) is 10.6 Å². The van der Waals surface area contributed by atoms with Crippen molar-refractivity contribution in [1.29, 1.82) is 0 Å². The zero-order chi connectivity index (χ0) is 14.0. The first-order valence-electron chi connectivity index (χ1n) is 5.42. The van der Waals surface area contributed by atoms with Gasteiger partial charge in [-0.25, -0.2) is 8.42 Å². The van der Waals surface area contributed by atoms with Gasteiger partial charge in [0.2, 0.25) is 10.0 Å². The second-order valence-electron chi connectivity index (χ2n) is 3.90. The molecule has 0 saturated carbocycles. The third-order valence-corrected chi connectivity index (χ3v) is 6.63. The van der Waals surface area contributed by atoms with Crippen LogP contribution >= 0.6 is 27.3 Å². The molecule has 0 aromatic carbocycles. The first-order valence-corrected chi connectivity index (χ1v) is 8.47. The van der Waals surface area contributed by atoms with Crippen LogP contribution in [0.15, 0.2) is 37.6 Å². The Morgan fingerprint density at radius 1 is 1.53 bits per heavy atom. The van der Waals surface area contributed by atoms with Gasteiger partial charge in [0.05, 0.1) is 16.6 Å². The van der Waals surface area contributed by atoms with Gasteiger partial charge in [0.25, 0.3) is 0 Å². The van der Waals surface area contributed by atoms with Crippen molar-refractivity contribution in [2.45, 2.75) is 18.0 Å². The summed E-state index contributed by atoms with van der Waals surface area (Å²) in [7, 11) is -2.04. The lowest BCUT2D eigenvalue weighted by molar-refractivity contribution is 0.406. The van der Waals surface area contributed by atoms with Crippen molar-refractivity contribution in [1.82, 2.24) is 4.31 Å². The second-order valence-corrected chi connectivity index (χ2v) is 8.36. The molecule has 2 aromatic rings. The molecule has 0 aliphatic heterocycles. The van der Waals surface area contributed by atoms with E-state index >= 15 is 0 Å². The van der Waals surface area contributed by atoms with Crippen LogP contribution in [0.2, 0.25) is 0 Å². The molecule has 0 bridgehead atoms. The summed E-state index contributed by atoms with van der Waals surface area (Å²) in [4.78, 5) is 1.06. The fourth-order valence-electron chi connectivity index (χ4n) is 1.55. The molecule has 0 aliphatic carbocycles. The largest absolute Gasteiger partial charge is 0.468 e. The van der Waals surface area contributed by atoms with Gasteiger partial charge < -0.3 is 10.2 Å². The number of nitrogens with two attached hydrogens (primary N) is 1. The smallest absolute Gasteiger partial charge is 0.245 e. The first kappa shape index (κ1) is 14.7. The maximum absolute atomic E-state index is 12.4. The average molecular weight is 365 g/mol. The van der Waals surface area contributed by atoms with E-state index in [1.165, 1.54) is 29.0 Å². The zero-order valence-electron chi connectivity index (χ0n) is 10.2. The van der Waals surface area contributed by atoms with Crippen LogP contribution in [0.5, 0.6) is 0 Å². The Balaban J connectivity index is 2.28. The summed E-state index contributed by atoms with van der Waals surface area (Å²) in [6.07, 6.45) is 1.52. The molecule has 0 amide bonds. The normalized spacial score (nSPS) is 12.2. The third-order valence-electron chi connectivity index (χ3n) is 2.55. The van der Waals surface area contributed by atoms with Crippen LogP contribution in [-0.4, -0.2) is 19.8 Å². The van der Waals surface area contributed by atoms with Gasteiger partial charge in [-0.3, -0.25) is 0 Å². The molecular formula is C11H13BrN2O3S2. The van der Waals surface area contributed by atoms with Gasteiger partial charge >= 0.3 is 0 Å². The highest BCUT2D eigenvalue weighted by Gasteiger charge is 2.26. The molecule has 2 rings (SSSR count). The van der Waals surface area contributed by atoms with E-state index in [9.17, 15) is 8.42 Å². The molecule has 0 radical (unpaired) electrons. The zero-order valence-corrected chi connectivity index (χ0v) is 13.4. The van der Waals surface area contributed by atoms with Gasteiger partial charge in [-0.05, 0) is 34.1 Å². The molecular weight excluding hydrogens is 352 g/mol. The summed E-state index contributed by atoms with van der Waals surface area (Å²) in [5, 5.41) is 0. The Bertz CT molecular complexity index is 650. The van der Waals surface area contributed by atoms with Crippen molar-refractivity contribution in [3.63, 3.8) is 0 Å². The van der Waals surface area contributed by atoms with Crippen molar-refractivity contribution in [2.24, 2.45) is 5.73 Å². The Kier molecular flexibility index (Phi) is 4.46. The number of hydrogen-bond acceptors (Lipinski definition) is 5. The van der Waals surface area contributed by atoms with Crippen LogP contribution in [-0.2, 0) is 23.1 Å². The quantitative estimate of drug-likeness (QED) is 0.883. The van der Waals surface area contributed by atoms with Crippen molar-refractivity contribution < 1.29 is 12.8 Å². The monoisotopic (exact) mass is 364 g/mol. The molecule has 5 nitrogen and oxygen atoms in total. The van der Waals surface area contributed by atoms with E-state index in [1.807, 2.05) is 0 Å². The number of sulfonamides is 1. The van der Waals surface area contributed by atoms with E-state index in [0.717, 1.165) is 4.88 Å². The van der Waals surface area contributed by atoms with Gasteiger partial charge in [-0.2, -0.15) is 4.31 Å². The van der Waals surface area contributed by atoms with Crippen LogP contribution < -0.4 is 5.73 Å². The molecule has 8 heteroatoms. The minimum atomic E-state index is -3.55. The standard InChI is InChI=1S/C11H13BrN2O3S2/c1-14(7-8-3-2-4-17-8)19(15,16)10-5-9(6-13)18-11(10)12/h2-5H,6-7,13H2,1H3. The number of furan rings is 1. The van der Waals surface area contributed by atoms with Crippen LogP contribution in [0.3, 0.4) is 0 Å². The van der Waals surface area contributed by atoms with E-state index in [2.05, 4.69) is 15.9 Å². The molecule has 0 atom stereocenters. The highest BCUT2D eigenvalue weighted by atomic mass is 79.9. The summed E-state index contributed by atoms with van der Waals surface area (Å²) >= 11 is 4.60. The van der Waals surface area contributed by atoms with E-state index < -0.39 is 10.0 Å². The molecule has 0 spiro atoms. The maximum Gasteiger partial charge on any atom is 0.245 e. The summed E-state index contributed by atoms with van der Waals surface area (Å²) in [5.74, 6) is 0.594. The van der Waals surface area contributed by atoms with Gasteiger partial charge in [-0.15, -0.1) is 11.3 Å². The first-order chi connectivity index (χ1) is 8.95. The Hall–Kier alpha value is -0.670. The topological polar surface area (TPSA) is 76.5 Å². The van der Waals surface area contributed by atoms with E-state index in [1.54, 1.807) is 18.2 Å². The number of halogens is 1. The SMILES string of the molecule is CN(Cc1ccco1)S(=O)(=O)c1cc(CN)sc1Br. The van der Waals surface area contributed by atoms with E-state index in [-0.39, 0.29) is 11.4 Å². The summed E-state index contributed by atoms with van der Waals surface area (Å²) in [6, 6.07) is 5.06. The molecule has 2 aromatic heterocycles. The summed E-state index contributed by atoms with van der Waals surface area (Å²) < 4.78 is 31.8. The predicted molar refractivity (Wildman–Crippen MR) is 77.3 cm³/mol. The number of nitrogens with zero attached hydrogens (tertiary/aromatic N) is 1. The van der Waals surface area contributed by atoms with Crippen molar-refractivity contribution in [3.8, 4) is 0 Å². The van der Waals surface area contributed by atoms with Crippen LogP contribution in [0.25, 0.3) is 0 Å². The highest BCUT2D eigenvalue weighted by molar-refractivity contribution is 9.11. The molecule has 0 fully saturated rings. The summed E-state index contributed by atoms with van der Waals surface area (Å²) in [5.41, 5.74) is 5.53. The Labute approximate surface area is 124 Å². The second kappa shape index (κ2) is 5.76. The lowest BCUT2D eigenvalue weighted by atomic mass is 10.4. The maximum atomic E-state index is 12.4. The van der Waals surface area contributed by atoms with Gasteiger partial charge in [-0.1, -0.05) is 0 Å². The molecule has 2 heterocycles. The molecule has 2 N–H and O–H groups in total. The minimum absolute atomic E-state index is 0.190. The fourth-order valence-corrected chi connectivity index (χ4v) is 5.19. The van der Waals surface area contributed by atoms with Gasteiger partial charge in [0.15, 0.2) is 0 Å². The molecule has 0 unspecified atom stereocenters. The highest BCUT2D eigenvalue weighted by Crippen LogP contribution is 2.33. The fraction of sp³-hybridized carbons (Fsp3) is 0.273. The Morgan fingerprint density at radius 2 is 2.26 bits per heavy atom. The number of hydrogen-bond donors (Lipinski definition) is 1. The number of thiophene rings is 1. The summed E-state index contributed by atoms with van der Waals surface area (Å²) in [6.45, 7) is 0.510. The van der Waals surface area contributed by atoms with Crippen LogP contribution in [0, 0.1) is 0 Å². The van der Waals surface area contributed by atoms with Crippen molar-refractivity contribution in [2.75, 3.05) is 7.05 Å². The van der Waals surface area contributed by atoms with Crippen molar-refractivity contribution >= 4 is 37.3 Å². The molecule has 0 aliphatic rings. The minimum Gasteiger partial charge on any atom is -0.468 e. The third kappa shape index (κ3) is 3.09. The van der Waals surface area contributed by atoms with Crippen LogP contribution in [0.4, 0.5) is 0 Å². The van der Waals surface area contributed by atoms with Crippen molar-refractivity contribution in [3.05, 3.63) is 38.9 Å². The average Bonchev–Trinajstić information content (AvgIpc) is 2.98. The van der Waals surface area contributed by atoms with E-state index in [0.29, 0.717) is 16.1 Å². The lowest BCUT2D eigenvalue weighted by Gasteiger charge is -2.15. The van der Waals surface area contributed by atoms with E-state index in [4.69, 9.17) is 10.2 Å². The molecule has 0 saturated heterocycles. The molecule has 104 valence electrons.